The van der Waals surface area contributed by atoms with Gasteiger partial charge in [0.15, 0.2) is 21.7 Å². The highest BCUT2D eigenvalue weighted by molar-refractivity contribution is 7.63. The molecule has 4 N–H and O–H groups in total. The molecule has 0 unspecified atom stereocenters. The largest absolute Gasteiger partial charge is 0.493 e. The SMILES string of the molecule is CC(C)OP(=O)(OC(C)C)c1cncc(C(=O)NCCCOc2c3cc(C(C)(C)C)cc2Cc2cc(C(C)(C)C)cc(c2OCCCNC(=O)c2cncc(P(=O)(OC(C)C)OC(C)C)n2)Cc2cc(C(C)(C)C)cc(c2OCCCNC(=O)c2cncc(P(=O)(OC(C)C)OC(C)C)n2)Cc2cc(C(C)(C)C)cc(c2OCCCNC(=O)c2cncc(P(=O)(OC(C)C)OC(C)C)n2)C3)n1. The van der Waals surface area contributed by atoms with Gasteiger partial charge in [-0.25, -0.2) is 19.9 Å². The van der Waals surface area contributed by atoms with Crippen molar-refractivity contribution in [2.45, 2.75) is 316 Å². The molecule has 9 rings (SSSR count). The van der Waals surface area contributed by atoms with E-state index in [1.807, 2.05) is 0 Å². The van der Waals surface area contributed by atoms with Gasteiger partial charge in [0, 0.05) is 51.9 Å². The van der Waals surface area contributed by atoms with Crippen LogP contribution in [0.15, 0.2) is 98.1 Å². The van der Waals surface area contributed by atoms with Crippen LogP contribution in [0.25, 0.3) is 0 Å². The van der Waals surface area contributed by atoms with Crippen LogP contribution in [0, 0.1) is 0 Å². The van der Waals surface area contributed by atoms with E-state index in [-0.39, 0.29) is 123 Å². The third-order valence-corrected chi connectivity index (χ3v) is 29.4. The van der Waals surface area contributed by atoms with E-state index in [1.165, 1.54) is 49.6 Å². The zero-order valence-electron chi connectivity index (χ0n) is 84.7. The molecule has 32 nitrogen and oxygen atoms in total. The molecule has 8 aromatic rings. The van der Waals surface area contributed by atoms with Gasteiger partial charge in [0.1, 0.15) is 45.8 Å². The number of carbonyl (C=O) groups is 4. The third kappa shape index (κ3) is 31.4. The lowest BCUT2D eigenvalue weighted by molar-refractivity contribution is 0.0937. The Balaban J connectivity index is 1.21. The summed E-state index contributed by atoms with van der Waals surface area (Å²) in [7, 11) is -16.1. The van der Waals surface area contributed by atoms with Crippen LogP contribution in [0.5, 0.6) is 23.0 Å². The van der Waals surface area contributed by atoms with Crippen LogP contribution in [0.2, 0.25) is 0 Å². The number of ether oxygens (including phenoxy) is 4. The minimum atomic E-state index is -4.02. The Hall–Kier alpha value is -9.12. The molecule has 4 amide bonds. The van der Waals surface area contributed by atoms with Gasteiger partial charge in [-0.2, -0.15) is 0 Å². The van der Waals surface area contributed by atoms with Crippen molar-refractivity contribution in [3.8, 4) is 23.0 Å². The van der Waals surface area contributed by atoms with Crippen molar-refractivity contribution >= 4 is 75.8 Å². The number of nitrogens with one attached hydrogen (secondary N) is 4. The van der Waals surface area contributed by atoms with Gasteiger partial charge in [0.25, 0.3) is 23.6 Å². The number of amides is 4. The number of aromatic nitrogens is 8. The van der Waals surface area contributed by atoms with Crippen molar-refractivity contribution in [1.29, 1.82) is 0 Å². The van der Waals surface area contributed by atoms with E-state index >= 15 is 0 Å². The van der Waals surface area contributed by atoms with E-state index in [2.05, 4.69) is 193 Å². The fourth-order valence-corrected chi connectivity index (χ4v) is 21.9. The smallest absolute Gasteiger partial charge is 0.381 e. The molecule has 1 aliphatic carbocycles. The highest BCUT2D eigenvalue weighted by atomic mass is 31.2. The summed E-state index contributed by atoms with van der Waals surface area (Å²) in [5, 5.41) is 12.0. The summed E-state index contributed by atoms with van der Waals surface area (Å²) in [6.45, 7) is 54.6. The second kappa shape index (κ2) is 47.7. The average Bonchev–Trinajstić information content (AvgIpc) is 0.755. The molecule has 4 heterocycles. The topological polar surface area (TPSA) is 399 Å². The second-order valence-corrected chi connectivity index (χ2v) is 47.8. The Morgan fingerprint density at radius 1 is 0.272 bits per heavy atom. The minimum Gasteiger partial charge on any atom is -0.493 e. The van der Waals surface area contributed by atoms with Crippen LogP contribution < -0.4 is 62.0 Å². The number of benzene rings is 4. The first kappa shape index (κ1) is 111. The Kier molecular flexibility index (Phi) is 38.8. The van der Waals surface area contributed by atoms with Crippen LogP contribution >= 0.6 is 30.4 Å². The van der Waals surface area contributed by atoms with Crippen molar-refractivity contribution in [3.63, 3.8) is 0 Å². The number of fused-ring (bicyclic) bond motifs is 8. The first-order valence-electron chi connectivity index (χ1n) is 47.0. The normalized spacial score (nSPS) is 13.2. The van der Waals surface area contributed by atoms with Crippen LogP contribution in [0.3, 0.4) is 0 Å². The average molecular weight is 1960 g/mol. The predicted molar refractivity (Wildman–Crippen MR) is 528 cm³/mol. The van der Waals surface area contributed by atoms with Crippen LogP contribution in [0.1, 0.15) is 328 Å². The number of nitrogens with zero attached hydrogens (tertiary/aromatic N) is 8. The van der Waals surface area contributed by atoms with E-state index in [0.717, 1.165) is 66.8 Å². The molecule has 0 spiro atoms. The van der Waals surface area contributed by atoms with Crippen LogP contribution in [-0.4, -0.2) is 165 Å². The van der Waals surface area contributed by atoms with Crippen molar-refractivity contribution in [3.05, 3.63) is 188 Å². The fourth-order valence-electron chi connectivity index (χ4n) is 14.7. The maximum Gasteiger partial charge on any atom is 0.381 e. The fraction of sp³-hybridized carbons (Fsp3) is 0.560. The Labute approximate surface area is 804 Å². The number of rotatable bonds is 44. The summed E-state index contributed by atoms with van der Waals surface area (Å²) in [6.07, 6.45) is 8.46. The van der Waals surface area contributed by atoms with Gasteiger partial charge in [-0.05, 0) is 225 Å². The zero-order valence-corrected chi connectivity index (χ0v) is 88.3. The van der Waals surface area contributed by atoms with Gasteiger partial charge < -0.3 is 76.4 Å². The quantitative estimate of drug-likeness (QED) is 0.0203. The molecular formula is C100H144N12O20P4. The van der Waals surface area contributed by atoms with Gasteiger partial charge >= 0.3 is 30.4 Å². The lowest BCUT2D eigenvalue weighted by atomic mass is 9.79. The number of hydrogen-bond acceptors (Lipinski definition) is 28. The van der Waals surface area contributed by atoms with Crippen LogP contribution in [-0.2, 0) is 102 Å². The first-order valence-corrected chi connectivity index (χ1v) is 53.2. The van der Waals surface area contributed by atoms with Gasteiger partial charge in [0.2, 0.25) is 0 Å². The molecule has 4 aromatic heterocycles. The standard InChI is InChI=1S/C100H144N12O20P4/c1-61(2)125-133(117,126-62(3)4)85-57-101-53-81(109-85)93(113)105-33-29-37-121-89-69-41-71-47-78(98(20,21)22)49-73(90(71)122-38-30-34-106-94(114)82-54-102-58-86(110-82)134(118,127-63(5)6)128-64(7)8)43-75-51-80(100(26,27)28)52-76(92(75)124-40-32-36-108-96(116)84-56-104-60-88(112-84)136(120,131-67(13)14)132-68(15)16)44-74-50-79(99(23,24)25)48-72(42-70(89)46-77(45-69)97(17,18)19)91(74)123-39-31-35-107-95(115)83-55-103-59-87(111-83)135(119,129-65(9)10)130-66(11)12/h45-68H,29-44H2,1-28H3,(H,105,113)(H,106,114)(H,107,115)(H,108,116). The van der Waals surface area contributed by atoms with Crippen LogP contribution in [0.4, 0.5) is 0 Å². The van der Waals surface area contributed by atoms with E-state index < -0.39 is 125 Å². The zero-order chi connectivity index (χ0) is 100. The molecular weight excluding hydrogens is 1810 g/mol. The number of hydrogen-bond donors (Lipinski definition) is 4. The van der Waals surface area contributed by atoms with Gasteiger partial charge in [0.05, 0.1) is 125 Å². The number of carbonyl (C=O) groups excluding carboxylic acids is 4. The summed E-state index contributed by atoms with van der Waals surface area (Å²) in [5.74, 6) is 0.0558. The minimum absolute atomic E-state index is 0.0911. The highest BCUT2D eigenvalue weighted by Crippen LogP contribution is 2.53. The third-order valence-electron chi connectivity index (χ3n) is 20.7. The summed E-state index contributed by atoms with van der Waals surface area (Å²) in [4.78, 5) is 91.8. The molecule has 4 aromatic carbocycles. The second-order valence-electron chi connectivity index (χ2n) is 40.3. The Morgan fingerprint density at radius 2 is 0.426 bits per heavy atom. The predicted octanol–water partition coefficient (Wildman–Crippen LogP) is 18.2. The lowest BCUT2D eigenvalue weighted by Gasteiger charge is -2.29. The summed E-state index contributed by atoms with van der Waals surface area (Å²) in [5.41, 5.74) is 7.92. The van der Waals surface area contributed by atoms with E-state index in [9.17, 15) is 37.4 Å². The Morgan fingerprint density at radius 3 is 0.566 bits per heavy atom. The van der Waals surface area contributed by atoms with Gasteiger partial charge in [-0.1, -0.05) is 132 Å². The van der Waals surface area contributed by atoms with E-state index in [0.29, 0.717) is 48.7 Å². The molecule has 0 aliphatic heterocycles. The molecule has 136 heavy (non-hydrogen) atoms. The van der Waals surface area contributed by atoms with Crippen molar-refractivity contribution < 1.29 is 92.6 Å². The molecule has 0 fully saturated rings. The van der Waals surface area contributed by atoms with E-state index in [1.54, 1.807) is 111 Å². The maximum absolute atomic E-state index is 14.3. The molecule has 0 saturated carbocycles. The molecule has 36 heteroatoms. The highest BCUT2D eigenvalue weighted by Gasteiger charge is 2.40. The maximum atomic E-state index is 14.3. The molecule has 1 aliphatic rings. The lowest BCUT2D eigenvalue weighted by Crippen LogP contribution is -2.29. The molecule has 744 valence electrons. The monoisotopic (exact) mass is 1960 g/mol. The van der Waals surface area contributed by atoms with Crippen molar-refractivity contribution in [2.24, 2.45) is 0 Å². The molecule has 8 bridgehead atoms. The summed E-state index contributed by atoms with van der Waals surface area (Å²) in [6, 6.07) is 17.6. The molecule has 0 radical (unpaired) electrons. The van der Waals surface area contributed by atoms with Gasteiger partial charge in [-0.3, -0.25) is 57.4 Å². The van der Waals surface area contributed by atoms with Crippen molar-refractivity contribution in [2.75, 3.05) is 52.6 Å². The first-order chi connectivity index (χ1) is 63.5. The molecule has 0 atom stereocenters. The van der Waals surface area contributed by atoms with Gasteiger partial charge in [-0.15, -0.1) is 0 Å². The molecule has 0 saturated heterocycles. The summed E-state index contributed by atoms with van der Waals surface area (Å²) >= 11 is 0. The van der Waals surface area contributed by atoms with Crippen molar-refractivity contribution in [1.82, 2.24) is 61.1 Å². The Bertz CT molecular complexity index is 4850. The van der Waals surface area contributed by atoms with E-state index in [4.69, 9.17) is 55.1 Å². The summed E-state index contributed by atoms with van der Waals surface area (Å²) < 4.78 is 133.